The highest BCUT2D eigenvalue weighted by atomic mass is 16.3. The van der Waals surface area contributed by atoms with Crippen molar-refractivity contribution in [2.45, 2.75) is 63.5 Å². The van der Waals surface area contributed by atoms with E-state index >= 15 is 0 Å². The zero-order valence-corrected chi connectivity index (χ0v) is 11.0. The minimum atomic E-state index is 0.342. The topological polar surface area (TPSA) is 49.5 Å². The van der Waals surface area contributed by atoms with E-state index in [1.807, 2.05) is 0 Å². The molecule has 1 aliphatic heterocycles. The molecule has 100 valence electrons. The van der Waals surface area contributed by atoms with Crippen molar-refractivity contribution in [3.05, 3.63) is 0 Å². The van der Waals surface area contributed by atoms with E-state index in [9.17, 15) is 0 Å². The summed E-state index contributed by atoms with van der Waals surface area (Å²) in [5, 5.41) is 9.07. The van der Waals surface area contributed by atoms with Crippen molar-refractivity contribution in [2.75, 3.05) is 19.7 Å². The quantitative estimate of drug-likeness (QED) is 0.739. The Bertz CT molecular complexity index is 220. The number of nitrogens with zero attached hydrogens (tertiary/aromatic N) is 1. The highest BCUT2D eigenvalue weighted by Crippen LogP contribution is 2.27. The summed E-state index contributed by atoms with van der Waals surface area (Å²) in [5.74, 6) is 0.698. The lowest BCUT2D eigenvalue weighted by Gasteiger charge is -2.40. The van der Waals surface area contributed by atoms with Crippen molar-refractivity contribution in [2.24, 2.45) is 11.7 Å². The Morgan fingerprint density at radius 1 is 1.06 bits per heavy atom. The van der Waals surface area contributed by atoms with Gasteiger partial charge >= 0.3 is 0 Å². The monoisotopic (exact) mass is 240 g/mol. The maximum atomic E-state index is 9.07. The summed E-state index contributed by atoms with van der Waals surface area (Å²) < 4.78 is 0. The van der Waals surface area contributed by atoms with E-state index in [4.69, 9.17) is 10.8 Å². The summed E-state index contributed by atoms with van der Waals surface area (Å²) in [6, 6.07) is 0.990. The smallest absolute Gasteiger partial charge is 0.0434 e. The second kappa shape index (κ2) is 6.72. The van der Waals surface area contributed by atoms with Crippen molar-refractivity contribution >= 4 is 0 Å². The molecule has 0 aromatic rings. The molecule has 3 nitrogen and oxygen atoms in total. The lowest BCUT2D eigenvalue weighted by Crippen LogP contribution is -2.51. The van der Waals surface area contributed by atoms with E-state index in [2.05, 4.69) is 4.90 Å². The molecule has 0 radical (unpaired) electrons. The van der Waals surface area contributed by atoms with Gasteiger partial charge in [0.2, 0.25) is 0 Å². The number of nitrogens with two attached hydrogens (primary N) is 1. The third-order valence-electron chi connectivity index (χ3n) is 4.59. The molecule has 3 unspecified atom stereocenters. The average molecular weight is 240 g/mol. The Labute approximate surface area is 105 Å². The van der Waals surface area contributed by atoms with E-state index in [0.717, 1.165) is 6.42 Å². The Balaban J connectivity index is 1.90. The maximum absolute atomic E-state index is 9.07. The van der Waals surface area contributed by atoms with Crippen LogP contribution in [0.3, 0.4) is 0 Å². The second-order valence-electron chi connectivity index (χ2n) is 5.88. The minimum Gasteiger partial charge on any atom is -0.396 e. The van der Waals surface area contributed by atoms with E-state index in [0.29, 0.717) is 24.6 Å². The normalized spacial score (nSPS) is 36.7. The van der Waals surface area contributed by atoms with Crippen LogP contribution in [0, 0.1) is 5.92 Å². The largest absolute Gasteiger partial charge is 0.396 e. The van der Waals surface area contributed by atoms with Gasteiger partial charge in [-0.2, -0.15) is 0 Å². The van der Waals surface area contributed by atoms with Gasteiger partial charge in [0.25, 0.3) is 0 Å². The lowest BCUT2D eigenvalue weighted by molar-refractivity contribution is 0.0904. The molecule has 1 aliphatic carbocycles. The van der Waals surface area contributed by atoms with Crippen LogP contribution in [-0.2, 0) is 0 Å². The fraction of sp³-hybridized carbons (Fsp3) is 1.00. The number of piperidine rings is 1. The number of likely N-dealkylation sites (tertiary alicyclic amines) is 1. The van der Waals surface area contributed by atoms with E-state index in [1.165, 1.54) is 58.0 Å². The first kappa shape index (κ1) is 13.3. The van der Waals surface area contributed by atoms with Crippen molar-refractivity contribution < 1.29 is 5.11 Å². The van der Waals surface area contributed by atoms with Crippen molar-refractivity contribution in [1.29, 1.82) is 0 Å². The molecule has 1 saturated carbocycles. The molecule has 2 fully saturated rings. The van der Waals surface area contributed by atoms with Crippen molar-refractivity contribution in [1.82, 2.24) is 4.90 Å². The number of aliphatic hydroxyl groups is 1. The molecule has 1 heterocycles. The summed E-state index contributed by atoms with van der Waals surface area (Å²) in [4.78, 5) is 2.62. The predicted octanol–water partition coefficient (Wildman–Crippen LogP) is 1.74. The van der Waals surface area contributed by atoms with Crippen LogP contribution in [0.4, 0.5) is 0 Å². The Morgan fingerprint density at radius 2 is 1.88 bits per heavy atom. The first-order valence-electron chi connectivity index (χ1n) is 7.41. The van der Waals surface area contributed by atoms with Gasteiger partial charge in [-0.05, 0) is 44.6 Å². The van der Waals surface area contributed by atoms with Gasteiger partial charge in [-0.3, -0.25) is 4.90 Å². The fourth-order valence-corrected chi connectivity index (χ4v) is 3.59. The van der Waals surface area contributed by atoms with Crippen LogP contribution in [0.2, 0.25) is 0 Å². The van der Waals surface area contributed by atoms with Crippen LogP contribution in [0.15, 0.2) is 0 Å². The SMILES string of the molecule is NC1CCCCCC1N1CCCC(CCO)C1. The molecule has 3 atom stereocenters. The van der Waals surface area contributed by atoms with Gasteiger partial charge < -0.3 is 10.8 Å². The van der Waals surface area contributed by atoms with Gasteiger partial charge in [0.15, 0.2) is 0 Å². The van der Waals surface area contributed by atoms with Gasteiger partial charge in [0.05, 0.1) is 0 Å². The summed E-state index contributed by atoms with van der Waals surface area (Å²) in [7, 11) is 0. The molecule has 1 saturated heterocycles. The summed E-state index contributed by atoms with van der Waals surface area (Å²) in [6.07, 6.45) is 10.0. The molecule has 3 N–H and O–H groups in total. The van der Waals surface area contributed by atoms with Crippen LogP contribution >= 0.6 is 0 Å². The molecule has 2 aliphatic rings. The average Bonchev–Trinajstić information content (AvgIpc) is 2.55. The molecule has 2 rings (SSSR count). The second-order valence-corrected chi connectivity index (χ2v) is 5.88. The standard InChI is InChI=1S/C14H28N2O/c15-13-6-2-1-3-7-14(13)16-9-4-5-12(11-16)8-10-17/h12-14,17H,1-11,15H2. The molecule has 0 aromatic carbocycles. The molecule has 0 bridgehead atoms. The number of aliphatic hydroxyl groups excluding tert-OH is 1. The zero-order valence-electron chi connectivity index (χ0n) is 11.0. The van der Waals surface area contributed by atoms with Gasteiger partial charge in [-0.15, -0.1) is 0 Å². The Kier molecular flexibility index (Phi) is 5.26. The summed E-state index contributed by atoms with van der Waals surface area (Å²) in [6.45, 7) is 2.73. The third kappa shape index (κ3) is 3.67. The van der Waals surface area contributed by atoms with Gasteiger partial charge in [-0.1, -0.05) is 19.3 Å². The van der Waals surface area contributed by atoms with Crippen molar-refractivity contribution in [3.63, 3.8) is 0 Å². The molecule has 0 aromatic heterocycles. The maximum Gasteiger partial charge on any atom is 0.0434 e. The first-order valence-corrected chi connectivity index (χ1v) is 7.41. The van der Waals surface area contributed by atoms with E-state index in [1.54, 1.807) is 0 Å². The van der Waals surface area contributed by atoms with E-state index in [-0.39, 0.29) is 0 Å². The number of hydrogen-bond acceptors (Lipinski definition) is 3. The minimum absolute atomic E-state index is 0.342. The summed E-state index contributed by atoms with van der Waals surface area (Å²) >= 11 is 0. The fourth-order valence-electron chi connectivity index (χ4n) is 3.59. The van der Waals surface area contributed by atoms with Crippen LogP contribution in [0.25, 0.3) is 0 Å². The lowest BCUT2D eigenvalue weighted by atomic mass is 9.91. The zero-order chi connectivity index (χ0) is 12.1. The van der Waals surface area contributed by atoms with Crippen LogP contribution < -0.4 is 5.73 Å². The predicted molar refractivity (Wildman–Crippen MR) is 70.8 cm³/mol. The summed E-state index contributed by atoms with van der Waals surface area (Å²) in [5.41, 5.74) is 6.34. The highest BCUT2D eigenvalue weighted by Gasteiger charge is 2.30. The third-order valence-corrected chi connectivity index (χ3v) is 4.59. The van der Waals surface area contributed by atoms with Crippen LogP contribution in [0.1, 0.15) is 51.4 Å². The first-order chi connectivity index (χ1) is 8.31. The molecule has 17 heavy (non-hydrogen) atoms. The molecular weight excluding hydrogens is 212 g/mol. The molecule has 3 heteroatoms. The van der Waals surface area contributed by atoms with Crippen LogP contribution in [-0.4, -0.2) is 41.8 Å². The molecular formula is C14H28N2O. The Morgan fingerprint density at radius 3 is 2.71 bits per heavy atom. The number of hydrogen-bond donors (Lipinski definition) is 2. The Hall–Kier alpha value is -0.120. The van der Waals surface area contributed by atoms with E-state index < -0.39 is 0 Å². The van der Waals surface area contributed by atoms with Gasteiger partial charge in [-0.25, -0.2) is 0 Å². The highest BCUT2D eigenvalue weighted by molar-refractivity contribution is 4.87. The van der Waals surface area contributed by atoms with Gasteiger partial charge in [0, 0.05) is 25.2 Å². The number of rotatable bonds is 3. The van der Waals surface area contributed by atoms with Crippen molar-refractivity contribution in [3.8, 4) is 0 Å². The molecule has 0 spiro atoms. The van der Waals surface area contributed by atoms with Crippen LogP contribution in [0.5, 0.6) is 0 Å². The van der Waals surface area contributed by atoms with Gasteiger partial charge in [0.1, 0.15) is 0 Å². The molecule has 0 amide bonds.